The van der Waals surface area contributed by atoms with Gasteiger partial charge < -0.3 is 21.3 Å². The lowest BCUT2D eigenvalue weighted by Gasteiger charge is -2.64. The van der Waals surface area contributed by atoms with Crippen LogP contribution in [-0.4, -0.2) is 59.9 Å². The molecule has 242 valence electrons. The number of fused-ring (bicyclic) bond motifs is 5. The van der Waals surface area contributed by atoms with Crippen LogP contribution >= 0.6 is 0 Å². The zero-order valence-corrected chi connectivity index (χ0v) is 28.0. The van der Waals surface area contributed by atoms with Gasteiger partial charge in [0.2, 0.25) is 0 Å². The van der Waals surface area contributed by atoms with Crippen LogP contribution in [0, 0.1) is 40.4 Å². The quantitative estimate of drug-likeness (QED) is 0.123. The maximum atomic E-state index is 13.0. The number of carbonyl (C=O) groups is 1. The maximum absolute atomic E-state index is 13.0. The Morgan fingerprint density at radius 3 is 2.36 bits per heavy atom. The highest BCUT2D eigenvalue weighted by atomic mass is 16.5. The Balaban J connectivity index is 1.71. The smallest absolute Gasteiger partial charge is 0.302 e. The van der Waals surface area contributed by atoms with Crippen molar-refractivity contribution >= 4 is 5.97 Å². The van der Waals surface area contributed by atoms with Crippen molar-refractivity contribution < 1.29 is 14.6 Å². The summed E-state index contributed by atoms with van der Waals surface area (Å²) < 4.78 is 5.79. The van der Waals surface area contributed by atoms with Gasteiger partial charge in [0.1, 0.15) is 6.10 Å². The van der Waals surface area contributed by atoms with Crippen molar-refractivity contribution in [2.24, 2.45) is 51.9 Å². The van der Waals surface area contributed by atoms with E-state index >= 15 is 0 Å². The van der Waals surface area contributed by atoms with Crippen molar-refractivity contribution in [1.82, 2.24) is 4.90 Å². The van der Waals surface area contributed by atoms with Crippen LogP contribution in [0.15, 0.2) is 11.6 Å². The fourth-order valence-corrected chi connectivity index (χ4v) is 10.4. The molecular weight excluding hydrogens is 522 g/mol. The van der Waals surface area contributed by atoms with Crippen LogP contribution in [0.2, 0.25) is 0 Å². The first kappa shape index (κ1) is 33.9. The zero-order valence-electron chi connectivity index (χ0n) is 28.0. The molecule has 3 saturated carbocycles. The number of aliphatic hydroxyl groups is 1. The summed E-state index contributed by atoms with van der Waals surface area (Å²) in [5.41, 5.74) is 12.7. The molecule has 42 heavy (non-hydrogen) atoms. The molecule has 0 aromatic rings. The third-order valence-corrected chi connectivity index (χ3v) is 12.7. The van der Waals surface area contributed by atoms with E-state index in [1.165, 1.54) is 45.4 Å². The van der Waals surface area contributed by atoms with Crippen LogP contribution in [0.25, 0.3) is 0 Å². The lowest BCUT2D eigenvalue weighted by Crippen LogP contribution is -2.69. The van der Waals surface area contributed by atoms with Gasteiger partial charge in [-0.2, -0.15) is 0 Å². The molecule has 6 heteroatoms. The molecule has 0 aromatic carbocycles. The van der Waals surface area contributed by atoms with Crippen molar-refractivity contribution in [3.05, 3.63) is 11.6 Å². The summed E-state index contributed by atoms with van der Waals surface area (Å²) in [6.45, 7) is 16.8. The van der Waals surface area contributed by atoms with Gasteiger partial charge >= 0.3 is 5.97 Å². The average Bonchev–Trinajstić information content (AvgIpc) is 3.28. The van der Waals surface area contributed by atoms with Crippen LogP contribution in [0.4, 0.5) is 0 Å². The van der Waals surface area contributed by atoms with Crippen molar-refractivity contribution in [3.8, 4) is 0 Å². The van der Waals surface area contributed by atoms with E-state index in [1.807, 2.05) is 0 Å². The number of nitrogens with two attached hydrogens (primary N) is 2. The van der Waals surface area contributed by atoms with E-state index in [1.54, 1.807) is 5.57 Å². The molecule has 9 atom stereocenters. The minimum atomic E-state index is -0.952. The van der Waals surface area contributed by atoms with Crippen LogP contribution in [0.3, 0.4) is 0 Å². The van der Waals surface area contributed by atoms with Crippen molar-refractivity contribution in [2.45, 2.75) is 143 Å². The first-order chi connectivity index (χ1) is 19.9. The fourth-order valence-electron chi connectivity index (χ4n) is 10.4. The van der Waals surface area contributed by atoms with Crippen LogP contribution in [0.5, 0.6) is 0 Å². The number of allylic oxidation sites excluding steroid dienone is 1. The molecule has 4 aliphatic carbocycles. The summed E-state index contributed by atoms with van der Waals surface area (Å²) in [5, 5.41) is 13.0. The molecule has 0 radical (unpaired) electrons. The molecule has 0 heterocycles. The number of rotatable bonds is 14. The predicted octanol–water partition coefficient (Wildman–Crippen LogP) is 6.44. The fraction of sp³-hybridized carbons (Fsp3) is 0.917. The van der Waals surface area contributed by atoms with Crippen LogP contribution in [-0.2, 0) is 9.53 Å². The zero-order chi connectivity index (χ0) is 30.7. The van der Waals surface area contributed by atoms with E-state index in [2.05, 4.69) is 45.6 Å². The third kappa shape index (κ3) is 6.53. The number of esters is 1. The van der Waals surface area contributed by atoms with Gasteiger partial charge in [-0.15, -0.1) is 0 Å². The summed E-state index contributed by atoms with van der Waals surface area (Å²) in [6.07, 6.45) is 16.5. The molecule has 0 amide bonds. The molecule has 3 unspecified atom stereocenters. The third-order valence-electron chi connectivity index (χ3n) is 12.7. The topological polar surface area (TPSA) is 102 Å². The van der Waals surface area contributed by atoms with E-state index in [4.69, 9.17) is 16.2 Å². The molecule has 3 fully saturated rings. The van der Waals surface area contributed by atoms with E-state index < -0.39 is 5.60 Å². The van der Waals surface area contributed by atoms with Crippen LogP contribution < -0.4 is 11.5 Å². The Hall–Kier alpha value is -0.950. The van der Waals surface area contributed by atoms with Gasteiger partial charge in [-0.1, -0.05) is 65.5 Å². The first-order valence-electron chi connectivity index (χ1n) is 17.7. The van der Waals surface area contributed by atoms with Gasteiger partial charge in [0.05, 0.1) is 11.6 Å². The highest BCUT2D eigenvalue weighted by Gasteiger charge is 2.66. The van der Waals surface area contributed by atoms with E-state index in [9.17, 15) is 9.90 Å². The monoisotopic (exact) mass is 588 g/mol. The average molecular weight is 588 g/mol. The highest BCUT2D eigenvalue weighted by molar-refractivity contribution is 5.66. The van der Waals surface area contributed by atoms with Crippen molar-refractivity contribution in [2.75, 3.05) is 26.2 Å². The van der Waals surface area contributed by atoms with Gasteiger partial charge in [-0.25, -0.2) is 0 Å². The molecule has 0 aromatic heterocycles. The second-order valence-electron chi connectivity index (χ2n) is 15.7. The number of carbonyl (C=O) groups excluding carboxylic acids is 1. The number of hydrogen-bond acceptors (Lipinski definition) is 6. The van der Waals surface area contributed by atoms with Crippen LogP contribution in [0.1, 0.15) is 125 Å². The summed E-state index contributed by atoms with van der Waals surface area (Å²) in [6, 6.07) is -0.0960. The molecule has 5 N–H and O–H groups in total. The number of unbranched alkanes of at least 4 members (excludes halogenated alkanes) is 1. The lowest BCUT2D eigenvalue weighted by molar-refractivity contribution is -0.205. The Morgan fingerprint density at radius 2 is 1.69 bits per heavy atom. The lowest BCUT2D eigenvalue weighted by atomic mass is 9.45. The first-order valence-corrected chi connectivity index (χ1v) is 17.7. The molecule has 4 aliphatic rings. The number of hydrogen-bond donors (Lipinski definition) is 3. The molecule has 0 bridgehead atoms. The number of ether oxygens (including phenoxy) is 1. The predicted molar refractivity (Wildman–Crippen MR) is 173 cm³/mol. The Kier molecular flexibility index (Phi) is 11.3. The highest BCUT2D eigenvalue weighted by Crippen LogP contribution is 2.68. The SMILES string of the molecule is CC(=O)OC1CC[C@]2(C)[C@H]3CC[C@]4(C)[C@@H]([C@H](C)CCCC(C)C)CC[C@H]4C3=CC(N(CCCN)CCCCN)C2(O)C1. The summed E-state index contributed by atoms with van der Waals surface area (Å²) in [7, 11) is 0. The van der Waals surface area contributed by atoms with E-state index in [-0.39, 0.29) is 23.5 Å². The molecular formula is C36H65N3O3. The van der Waals surface area contributed by atoms with Gasteiger partial charge in [-0.3, -0.25) is 9.69 Å². The summed E-state index contributed by atoms with van der Waals surface area (Å²) in [4.78, 5) is 14.5. The Labute approximate surface area is 257 Å². The molecule has 0 saturated heterocycles. The molecule has 6 nitrogen and oxygen atoms in total. The Morgan fingerprint density at radius 1 is 0.976 bits per heavy atom. The minimum absolute atomic E-state index is 0.0960. The van der Waals surface area contributed by atoms with E-state index in [0.29, 0.717) is 36.8 Å². The standard InChI is InChI=1S/C36H65N3O3/c1-25(2)11-9-12-26(3)30-13-14-31-29-23-33(39(22-10-20-38)21-8-7-19-37)36(41)24-28(42-27(4)40)15-18-35(36,6)32(29)16-17-34(30,31)5/h23,25-26,28,30-33,41H,7-22,24,37-38H2,1-6H3/t26-,28?,30-,31+,32+,33?,34-,35-,36?/m1/s1. The molecule has 0 spiro atoms. The second kappa shape index (κ2) is 14.0. The van der Waals surface area contributed by atoms with Gasteiger partial charge in [0.25, 0.3) is 0 Å². The van der Waals surface area contributed by atoms with Crippen molar-refractivity contribution in [3.63, 3.8) is 0 Å². The molecule has 0 aliphatic heterocycles. The number of nitrogens with zero attached hydrogens (tertiary/aromatic N) is 1. The maximum Gasteiger partial charge on any atom is 0.302 e. The Bertz CT molecular complexity index is 938. The van der Waals surface area contributed by atoms with Gasteiger partial charge in [0, 0.05) is 25.3 Å². The van der Waals surface area contributed by atoms with Gasteiger partial charge in [-0.05, 0) is 112 Å². The minimum Gasteiger partial charge on any atom is -0.462 e. The largest absolute Gasteiger partial charge is 0.462 e. The summed E-state index contributed by atoms with van der Waals surface area (Å²) in [5.74, 6) is 3.08. The summed E-state index contributed by atoms with van der Waals surface area (Å²) >= 11 is 0. The van der Waals surface area contributed by atoms with E-state index in [0.717, 1.165) is 69.4 Å². The second-order valence-corrected chi connectivity index (χ2v) is 15.7. The normalized spacial score (nSPS) is 38.5. The molecule has 4 rings (SSSR count). The van der Waals surface area contributed by atoms with Gasteiger partial charge in [0.15, 0.2) is 0 Å². The van der Waals surface area contributed by atoms with Crippen molar-refractivity contribution in [1.29, 1.82) is 0 Å².